The normalized spacial score (nSPS) is 14.2. The summed E-state index contributed by atoms with van der Waals surface area (Å²) in [6.45, 7) is 11.3. The molecule has 0 aliphatic heterocycles. The van der Waals surface area contributed by atoms with Gasteiger partial charge in [0.05, 0.1) is 18.2 Å². The zero-order valence-electron chi connectivity index (χ0n) is 17.3. The molecule has 27 heavy (non-hydrogen) atoms. The summed E-state index contributed by atoms with van der Waals surface area (Å²) in [7, 11) is 0. The molecule has 0 spiro atoms. The maximum absolute atomic E-state index is 11.9. The van der Waals surface area contributed by atoms with E-state index in [0.29, 0.717) is 26.1 Å². The molecule has 1 amide bonds. The highest BCUT2D eigenvalue weighted by Crippen LogP contribution is 2.22. The van der Waals surface area contributed by atoms with Gasteiger partial charge < -0.3 is 20.3 Å². The zero-order valence-corrected chi connectivity index (χ0v) is 17.3. The van der Waals surface area contributed by atoms with Gasteiger partial charge in [0.1, 0.15) is 0 Å². The van der Waals surface area contributed by atoms with Gasteiger partial charge in [0.2, 0.25) is 0 Å². The Labute approximate surface area is 163 Å². The van der Waals surface area contributed by atoms with Crippen molar-refractivity contribution in [3.8, 4) is 0 Å². The van der Waals surface area contributed by atoms with E-state index in [0.717, 1.165) is 12.0 Å². The summed E-state index contributed by atoms with van der Waals surface area (Å²) >= 11 is 0. The molecule has 0 heterocycles. The smallest absolute Gasteiger partial charge is 0.408 e. The van der Waals surface area contributed by atoms with Crippen LogP contribution in [0.4, 0.5) is 4.79 Å². The Bertz CT molecular complexity index is 543. The van der Waals surface area contributed by atoms with Crippen molar-refractivity contribution in [1.82, 2.24) is 10.2 Å². The Morgan fingerprint density at radius 2 is 1.85 bits per heavy atom. The van der Waals surface area contributed by atoms with Gasteiger partial charge in [0, 0.05) is 18.7 Å². The molecule has 0 saturated carbocycles. The van der Waals surface area contributed by atoms with E-state index in [1.807, 2.05) is 65.0 Å². The number of hydrogen-bond acceptors (Lipinski definition) is 4. The Kier molecular flexibility index (Phi) is 9.77. The van der Waals surface area contributed by atoms with E-state index >= 15 is 0 Å². The van der Waals surface area contributed by atoms with E-state index in [1.54, 1.807) is 0 Å². The Hall–Kier alpha value is -1.63. The lowest BCUT2D eigenvalue weighted by Gasteiger charge is -2.42. The van der Waals surface area contributed by atoms with Crippen molar-refractivity contribution < 1.29 is 19.7 Å². The van der Waals surface area contributed by atoms with Crippen molar-refractivity contribution >= 4 is 6.09 Å². The van der Waals surface area contributed by atoms with Gasteiger partial charge in [-0.3, -0.25) is 4.90 Å². The third-order valence-corrected chi connectivity index (χ3v) is 4.29. The maximum Gasteiger partial charge on any atom is 0.408 e. The molecule has 6 nitrogen and oxygen atoms in total. The van der Waals surface area contributed by atoms with E-state index in [1.165, 1.54) is 4.90 Å². The van der Waals surface area contributed by atoms with Crippen LogP contribution in [0, 0.1) is 0 Å². The molecule has 0 saturated heterocycles. The number of rotatable bonds is 11. The minimum atomic E-state index is -1.02. The largest absolute Gasteiger partial charge is 0.465 e. The van der Waals surface area contributed by atoms with Gasteiger partial charge in [-0.15, -0.1) is 0 Å². The van der Waals surface area contributed by atoms with Crippen LogP contribution in [0.15, 0.2) is 30.3 Å². The first-order chi connectivity index (χ1) is 12.6. The van der Waals surface area contributed by atoms with Crippen LogP contribution < -0.4 is 5.32 Å². The van der Waals surface area contributed by atoms with Crippen LogP contribution in [0.25, 0.3) is 0 Å². The maximum atomic E-state index is 11.9. The summed E-state index contributed by atoms with van der Waals surface area (Å²) in [4.78, 5) is 13.3. The van der Waals surface area contributed by atoms with E-state index in [4.69, 9.17) is 4.74 Å². The first-order valence-electron chi connectivity index (χ1n) is 9.69. The summed E-state index contributed by atoms with van der Waals surface area (Å²) in [5, 5.41) is 23.8. The van der Waals surface area contributed by atoms with Gasteiger partial charge in [-0.25, -0.2) is 4.79 Å². The lowest BCUT2D eigenvalue weighted by Crippen LogP contribution is -2.58. The summed E-state index contributed by atoms with van der Waals surface area (Å²) in [6, 6.07) is 9.15. The summed E-state index contributed by atoms with van der Waals surface area (Å²) in [5.41, 5.74) is 0.388. The van der Waals surface area contributed by atoms with Crippen molar-refractivity contribution in [3.05, 3.63) is 35.9 Å². The predicted molar refractivity (Wildman–Crippen MR) is 108 cm³/mol. The number of carbonyl (C=O) groups is 1. The van der Waals surface area contributed by atoms with Crippen molar-refractivity contribution in [3.63, 3.8) is 0 Å². The van der Waals surface area contributed by atoms with E-state index < -0.39 is 23.8 Å². The first kappa shape index (κ1) is 23.4. The molecule has 2 atom stereocenters. The molecule has 0 bridgehead atoms. The second kappa shape index (κ2) is 11.3. The number of amides is 1. The Balaban J connectivity index is 2.76. The molecular weight excluding hydrogens is 344 g/mol. The van der Waals surface area contributed by atoms with E-state index in [2.05, 4.69) is 5.32 Å². The average Bonchev–Trinajstić information content (AvgIpc) is 2.56. The zero-order chi connectivity index (χ0) is 20.4. The number of ether oxygens (including phenoxy) is 1. The first-order valence-corrected chi connectivity index (χ1v) is 9.69. The molecule has 1 aromatic rings. The molecule has 0 aliphatic carbocycles. The highest BCUT2D eigenvalue weighted by atomic mass is 16.5. The van der Waals surface area contributed by atoms with Crippen LogP contribution in [0.2, 0.25) is 0 Å². The van der Waals surface area contributed by atoms with Crippen LogP contribution in [-0.4, -0.2) is 64.7 Å². The van der Waals surface area contributed by atoms with Crippen molar-refractivity contribution in [2.24, 2.45) is 0 Å². The second-order valence-corrected chi connectivity index (χ2v) is 8.13. The molecule has 1 rings (SSSR count). The molecule has 1 aromatic carbocycles. The molecule has 154 valence electrons. The Morgan fingerprint density at radius 3 is 2.37 bits per heavy atom. The lowest BCUT2D eigenvalue weighted by atomic mass is 9.94. The Morgan fingerprint density at radius 1 is 1.22 bits per heavy atom. The molecule has 0 aliphatic rings. The molecule has 3 N–H and O–H groups in total. The fraction of sp³-hybridized carbons (Fsp3) is 0.667. The monoisotopic (exact) mass is 380 g/mol. The van der Waals surface area contributed by atoms with Gasteiger partial charge in [-0.05, 0) is 59.6 Å². The topological polar surface area (TPSA) is 82.0 Å². The lowest BCUT2D eigenvalue weighted by molar-refractivity contribution is 0.00755. The molecule has 0 aromatic heterocycles. The highest BCUT2D eigenvalue weighted by Gasteiger charge is 2.37. The minimum absolute atomic E-state index is 0.210. The van der Waals surface area contributed by atoms with Crippen LogP contribution >= 0.6 is 0 Å². The number of nitrogens with one attached hydrogen (secondary N) is 1. The van der Waals surface area contributed by atoms with Gasteiger partial charge >= 0.3 is 6.09 Å². The van der Waals surface area contributed by atoms with Crippen molar-refractivity contribution in [1.29, 1.82) is 0 Å². The standard InChI is InChI=1S/C21H36N2O4/c1-16(2)27-13-9-12-22-15-19(24)18(14-17-10-7-6-8-11-17)23(20(25)26)21(3,4)5/h6-8,10-11,16,18-19,22,24H,9,12-15H2,1-5H3,(H,25,26)/t18-,19+/m0/s1. The summed E-state index contributed by atoms with van der Waals surface area (Å²) in [5.74, 6) is 0. The minimum Gasteiger partial charge on any atom is -0.465 e. The third kappa shape index (κ3) is 8.73. The fourth-order valence-corrected chi connectivity index (χ4v) is 3.08. The molecule has 0 unspecified atom stereocenters. The predicted octanol–water partition coefficient (Wildman–Crippen LogP) is 3.14. The summed E-state index contributed by atoms with van der Waals surface area (Å²) < 4.78 is 5.50. The number of carboxylic acid groups (broad SMARTS) is 1. The van der Waals surface area contributed by atoms with Gasteiger partial charge in [0.25, 0.3) is 0 Å². The van der Waals surface area contributed by atoms with Crippen LogP contribution in [0.5, 0.6) is 0 Å². The fourth-order valence-electron chi connectivity index (χ4n) is 3.08. The number of aliphatic hydroxyl groups is 1. The molecule has 0 fully saturated rings. The van der Waals surface area contributed by atoms with Crippen LogP contribution in [0.3, 0.4) is 0 Å². The summed E-state index contributed by atoms with van der Waals surface area (Å²) in [6.07, 6.45) is -0.319. The van der Waals surface area contributed by atoms with Crippen molar-refractivity contribution in [2.75, 3.05) is 19.7 Å². The number of benzene rings is 1. The van der Waals surface area contributed by atoms with Crippen LogP contribution in [-0.2, 0) is 11.2 Å². The number of aliphatic hydroxyl groups excluding tert-OH is 1. The SMILES string of the molecule is CC(C)OCCCNC[C@@H](O)[C@H](Cc1ccccc1)N(C(=O)O)C(C)(C)C. The van der Waals surface area contributed by atoms with Gasteiger partial charge in [-0.1, -0.05) is 30.3 Å². The average molecular weight is 381 g/mol. The highest BCUT2D eigenvalue weighted by molar-refractivity contribution is 5.66. The second-order valence-electron chi connectivity index (χ2n) is 8.13. The van der Waals surface area contributed by atoms with Gasteiger partial charge in [-0.2, -0.15) is 0 Å². The quantitative estimate of drug-likeness (QED) is 0.514. The van der Waals surface area contributed by atoms with E-state index in [-0.39, 0.29) is 6.10 Å². The number of nitrogens with zero attached hydrogens (tertiary/aromatic N) is 1. The third-order valence-electron chi connectivity index (χ3n) is 4.29. The van der Waals surface area contributed by atoms with Gasteiger partial charge in [0.15, 0.2) is 0 Å². The molecular formula is C21H36N2O4. The van der Waals surface area contributed by atoms with Crippen LogP contribution in [0.1, 0.15) is 46.6 Å². The molecule has 0 radical (unpaired) electrons. The van der Waals surface area contributed by atoms with Crippen molar-refractivity contribution in [2.45, 2.75) is 71.2 Å². The van der Waals surface area contributed by atoms with E-state index in [9.17, 15) is 15.0 Å². The molecule has 6 heteroatoms. The number of hydrogen-bond donors (Lipinski definition) is 3.